The molecule has 110 valence electrons. The zero-order valence-electron chi connectivity index (χ0n) is 10.5. The van der Waals surface area contributed by atoms with Gasteiger partial charge in [0, 0.05) is 0 Å². The highest BCUT2D eigenvalue weighted by Gasteiger charge is 2.27. The number of sulfonamides is 1. The average Bonchev–Trinajstić information content (AvgIpc) is 2.30. The predicted molar refractivity (Wildman–Crippen MR) is 66.7 cm³/mol. The van der Waals surface area contributed by atoms with E-state index < -0.39 is 45.1 Å². The van der Waals surface area contributed by atoms with Crippen LogP contribution in [-0.2, 0) is 19.6 Å². The van der Waals surface area contributed by atoms with Crippen molar-refractivity contribution in [1.82, 2.24) is 4.72 Å². The molecule has 0 aliphatic heterocycles. The number of amides is 1. The lowest BCUT2D eigenvalue weighted by Crippen LogP contribution is -2.43. The lowest BCUT2D eigenvalue weighted by Gasteiger charge is -2.13. The van der Waals surface area contributed by atoms with Crippen molar-refractivity contribution < 1.29 is 27.5 Å². The number of aryl methyl sites for hydroxylation is 1. The Morgan fingerprint density at radius 2 is 2.05 bits per heavy atom. The van der Waals surface area contributed by atoms with Crippen molar-refractivity contribution in [3.05, 3.63) is 29.6 Å². The first kappa shape index (κ1) is 16.1. The van der Waals surface area contributed by atoms with Crippen molar-refractivity contribution in [2.75, 3.05) is 0 Å². The third-order valence-electron chi connectivity index (χ3n) is 2.45. The van der Waals surface area contributed by atoms with Crippen LogP contribution in [0, 0.1) is 12.7 Å². The largest absolute Gasteiger partial charge is 0.480 e. The van der Waals surface area contributed by atoms with Gasteiger partial charge in [0.2, 0.25) is 15.9 Å². The molecule has 0 bridgehead atoms. The normalized spacial score (nSPS) is 12.9. The molecule has 0 fully saturated rings. The Kier molecular flexibility index (Phi) is 4.79. The summed E-state index contributed by atoms with van der Waals surface area (Å²) < 4.78 is 38.9. The topological polar surface area (TPSA) is 127 Å². The Morgan fingerprint density at radius 1 is 1.45 bits per heavy atom. The molecule has 0 heterocycles. The van der Waals surface area contributed by atoms with Gasteiger partial charge in [0.25, 0.3) is 0 Å². The van der Waals surface area contributed by atoms with Crippen LogP contribution >= 0.6 is 0 Å². The molecular weight excluding hydrogens is 291 g/mol. The summed E-state index contributed by atoms with van der Waals surface area (Å²) in [7, 11) is -4.27. The summed E-state index contributed by atoms with van der Waals surface area (Å²) in [6, 6.07) is 1.43. The monoisotopic (exact) mass is 304 g/mol. The number of carboxylic acids is 1. The number of carbonyl (C=O) groups is 2. The maximum atomic E-state index is 13.3. The molecule has 0 saturated carbocycles. The molecule has 0 aromatic heterocycles. The molecule has 0 spiro atoms. The van der Waals surface area contributed by atoms with Gasteiger partial charge in [-0.25, -0.2) is 12.8 Å². The number of benzene rings is 1. The van der Waals surface area contributed by atoms with Crippen molar-refractivity contribution in [1.29, 1.82) is 0 Å². The van der Waals surface area contributed by atoms with Crippen LogP contribution in [0.15, 0.2) is 23.1 Å². The highest BCUT2D eigenvalue weighted by molar-refractivity contribution is 7.89. The molecule has 9 heteroatoms. The summed E-state index contributed by atoms with van der Waals surface area (Å²) in [5.74, 6) is -3.27. The van der Waals surface area contributed by atoms with E-state index in [0.717, 1.165) is 12.1 Å². The van der Waals surface area contributed by atoms with Crippen LogP contribution in [0.4, 0.5) is 4.39 Å². The van der Waals surface area contributed by atoms with E-state index in [9.17, 15) is 22.4 Å². The molecule has 1 aromatic rings. The Labute approximate surface area is 114 Å². The summed E-state index contributed by atoms with van der Waals surface area (Å²) in [5, 5.41) is 8.82. The molecule has 0 aliphatic carbocycles. The molecule has 1 aromatic carbocycles. The minimum absolute atomic E-state index is 0.246. The molecule has 1 rings (SSSR count). The van der Waals surface area contributed by atoms with Crippen molar-refractivity contribution in [2.45, 2.75) is 24.3 Å². The SMILES string of the molecule is Cc1ccc(S(=O)(=O)N[C@@H](CC(N)=O)C(=O)O)cc1F. The first-order valence-corrected chi connectivity index (χ1v) is 6.91. The fraction of sp³-hybridized carbons (Fsp3) is 0.273. The van der Waals surface area contributed by atoms with E-state index in [4.69, 9.17) is 10.8 Å². The van der Waals surface area contributed by atoms with Crippen LogP contribution in [0.5, 0.6) is 0 Å². The minimum Gasteiger partial charge on any atom is -0.480 e. The van der Waals surface area contributed by atoms with E-state index in [2.05, 4.69) is 0 Å². The summed E-state index contributed by atoms with van der Waals surface area (Å²) in [6.07, 6.45) is -0.705. The fourth-order valence-electron chi connectivity index (χ4n) is 1.38. The van der Waals surface area contributed by atoms with Crippen LogP contribution in [0.2, 0.25) is 0 Å². The highest BCUT2D eigenvalue weighted by Crippen LogP contribution is 2.14. The number of nitrogens with one attached hydrogen (secondary N) is 1. The van der Waals surface area contributed by atoms with E-state index in [1.165, 1.54) is 13.0 Å². The number of carbonyl (C=O) groups excluding carboxylic acids is 1. The molecule has 20 heavy (non-hydrogen) atoms. The third kappa shape index (κ3) is 4.00. The highest BCUT2D eigenvalue weighted by atomic mass is 32.2. The van der Waals surface area contributed by atoms with E-state index >= 15 is 0 Å². The zero-order chi connectivity index (χ0) is 15.5. The standard InChI is InChI=1S/C11H13FN2O5S/c1-6-2-3-7(4-8(6)12)20(18,19)14-9(11(16)17)5-10(13)15/h2-4,9,14H,5H2,1H3,(H2,13,15)(H,16,17)/t9-/m0/s1. The van der Waals surface area contributed by atoms with Gasteiger partial charge >= 0.3 is 5.97 Å². The summed E-state index contributed by atoms with van der Waals surface area (Å²) >= 11 is 0. The molecule has 4 N–H and O–H groups in total. The molecular formula is C11H13FN2O5S. The Bertz CT molecular complexity index is 644. The molecule has 0 radical (unpaired) electrons. The van der Waals surface area contributed by atoms with Crippen molar-refractivity contribution >= 4 is 21.9 Å². The number of aliphatic carboxylic acids is 1. The maximum Gasteiger partial charge on any atom is 0.322 e. The summed E-state index contributed by atoms with van der Waals surface area (Å²) in [4.78, 5) is 21.1. The lowest BCUT2D eigenvalue weighted by molar-refractivity contribution is -0.140. The average molecular weight is 304 g/mol. The van der Waals surface area contributed by atoms with Gasteiger partial charge in [-0.2, -0.15) is 4.72 Å². The van der Waals surface area contributed by atoms with Gasteiger partial charge in [-0.05, 0) is 24.6 Å². The Hall–Kier alpha value is -2.00. The first-order chi connectivity index (χ1) is 9.13. The van der Waals surface area contributed by atoms with Gasteiger partial charge in [0.15, 0.2) is 0 Å². The number of primary amides is 1. The van der Waals surface area contributed by atoms with Crippen LogP contribution < -0.4 is 10.5 Å². The Morgan fingerprint density at radius 3 is 2.50 bits per heavy atom. The van der Waals surface area contributed by atoms with Crippen molar-refractivity contribution in [2.24, 2.45) is 5.73 Å². The van der Waals surface area contributed by atoms with Crippen LogP contribution in [0.1, 0.15) is 12.0 Å². The molecule has 1 amide bonds. The van der Waals surface area contributed by atoms with E-state index in [0.29, 0.717) is 0 Å². The van der Waals surface area contributed by atoms with Gasteiger partial charge in [-0.1, -0.05) is 6.07 Å². The van der Waals surface area contributed by atoms with Crippen LogP contribution in [0.25, 0.3) is 0 Å². The molecule has 0 unspecified atom stereocenters. The zero-order valence-corrected chi connectivity index (χ0v) is 11.3. The van der Waals surface area contributed by atoms with Crippen LogP contribution in [-0.4, -0.2) is 31.4 Å². The minimum atomic E-state index is -4.27. The van der Waals surface area contributed by atoms with Gasteiger partial charge in [-0.3, -0.25) is 9.59 Å². The quantitative estimate of drug-likeness (QED) is 0.667. The number of carboxylic acid groups (broad SMARTS) is 1. The van der Waals surface area contributed by atoms with Crippen LogP contribution in [0.3, 0.4) is 0 Å². The fourth-order valence-corrected chi connectivity index (χ4v) is 2.58. The molecule has 0 aliphatic rings. The number of halogens is 1. The van der Waals surface area contributed by atoms with E-state index in [1.807, 2.05) is 0 Å². The van der Waals surface area contributed by atoms with Gasteiger partial charge in [-0.15, -0.1) is 0 Å². The van der Waals surface area contributed by atoms with Crippen molar-refractivity contribution in [3.8, 4) is 0 Å². The van der Waals surface area contributed by atoms with E-state index in [1.54, 1.807) is 4.72 Å². The number of hydrogen-bond donors (Lipinski definition) is 3. The van der Waals surface area contributed by atoms with Crippen molar-refractivity contribution in [3.63, 3.8) is 0 Å². The molecule has 1 atom stereocenters. The second kappa shape index (κ2) is 5.97. The Balaban J connectivity index is 3.06. The second-order valence-electron chi connectivity index (χ2n) is 4.09. The number of rotatable bonds is 6. The first-order valence-electron chi connectivity index (χ1n) is 5.43. The number of hydrogen-bond acceptors (Lipinski definition) is 4. The second-order valence-corrected chi connectivity index (χ2v) is 5.81. The smallest absolute Gasteiger partial charge is 0.322 e. The lowest BCUT2D eigenvalue weighted by atomic mass is 10.2. The third-order valence-corrected chi connectivity index (χ3v) is 3.92. The predicted octanol–water partition coefficient (Wildman–Crippen LogP) is -0.259. The number of nitrogens with two attached hydrogens (primary N) is 1. The maximum absolute atomic E-state index is 13.3. The van der Waals surface area contributed by atoms with Gasteiger partial charge in [0.1, 0.15) is 11.9 Å². The van der Waals surface area contributed by atoms with Gasteiger partial charge in [0.05, 0.1) is 11.3 Å². The summed E-state index contributed by atoms with van der Waals surface area (Å²) in [5.41, 5.74) is 5.08. The van der Waals surface area contributed by atoms with E-state index in [-0.39, 0.29) is 5.56 Å². The van der Waals surface area contributed by atoms with Gasteiger partial charge < -0.3 is 10.8 Å². The molecule has 7 nitrogen and oxygen atoms in total. The summed E-state index contributed by atoms with van der Waals surface area (Å²) in [6.45, 7) is 1.45. The molecule has 0 saturated heterocycles.